The molecule has 2 rings (SSSR count). The van der Waals surface area contributed by atoms with E-state index in [1.807, 2.05) is 6.92 Å². The molecule has 0 radical (unpaired) electrons. The minimum atomic E-state index is -0.0632. The SMILES string of the molecule is C/C=C(\CC)C1NC(c2cocn2)=CO1. The number of allylic oxidation sites excluding steroid dienone is 1. The first-order valence-electron chi connectivity index (χ1n) is 5.01. The third-order valence-electron chi connectivity index (χ3n) is 2.43. The Bertz CT molecular complexity index is 379. The molecule has 0 bridgehead atoms. The quantitative estimate of drug-likeness (QED) is 0.771. The third-order valence-corrected chi connectivity index (χ3v) is 2.43. The van der Waals surface area contributed by atoms with Crippen LogP contribution in [0, 0.1) is 0 Å². The number of nitrogens with zero attached hydrogens (tertiary/aromatic N) is 1. The highest BCUT2D eigenvalue weighted by Crippen LogP contribution is 2.21. The Morgan fingerprint density at radius 2 is 2.53 bits per heavy atom. The second-order valence-corrected chi connectivity index (χ2v) is 3.28. The van der Waals surface area contributed by atoms with E-state index in [0.717, 1.165) is 17.8 Å². The zero-order valence-electron chi connectivity index (χ0n) is 8.86. The van der Waals surface area contributed by atoms with Crippen LogP contribution in [-0.4, -0.2) is 11.2 Å². The van der Waals surface area contributed by atoms with Gasteiger partial charge in [-0.1, -0.05) is 13.0 Å². The minimum absolute atomic E-state index is 0.0632. The van der Waals surface area contributed by atoms with E-state index < -0.39 is 0 Å². The van der Waals surface area contributed by atoms with Crippen LogP contribution in [0.4, 0.5) is 0 Å². The molecule has 0 saturated heterocycles. The van der Waals surface area contributed by atoms with Gasteiger partial charge in [0.05, 0.1) is 0 Å². The van der Waals surface area contributed by atoms with E-state index in [4.69, 9.17) is 9.15 Å². The Kier molecular flexibility index (Phi) is 2.76. The van der Waals surface area contributed by atoms with Crippen molar-refractivity contribution in [3.8, 4) is 0 Å². The molecule has 1 aromatic rings. The van der Waals surface area contributed by atoms with Crippen molar-refractivity contribution in [3.63, 3.8) is 0 Å². The highest BCUT2D eigenvalue weighted by Gasteiger charge is 2.21. The van der Waals surface area contributed by atoms with Crippen LogP contribution in [0.5, 0.6) is 0 Å². The Hall–Kier alpha value is -1.71. The Balaban J connectivity index is 2.06. The highest BCUT2D eigenvalue weighted by molar-refractivity contribution is 5.60. The summed E-state index contributed by atoms with van der Waals surface area (Å²) in [5.74, 6) is 0. The molecule has 15 heavy (non-hydrogen) atoms. The largest absolute Gasteiger partial charge is 0.472 e. The fourth-order valence-corrected chi connectivity index (χ4v) is 1.55. The van der Waals surface area contributed by atoms with Crippen molar-refractivity contribution in [3.05, 3.63) is 36.3 Å². The van der Waals surface area contributed by atoms with Gasteiger partial charge in [-0.25, -0.2) is 4.98 Å². The number of nitrogens with one attached hydrogen (secondary N) is 1. The Morgan fingerprint density at radius 3 is 3.13 bits per heavy atom. The normalized spacial score (nSPS) is 20.8. The van der Waals surface area contributed by atoms with Gasteiger partial charge in [0.25, 0.3) is 0 Å². The van der Waals surface area contributed by atoms with Crippen molar-refractivity contribution in [1.82, 2.24) is 10.3 Å². The molecule has 0 aromatic carbocycles. The van der Waals surface area contributed by atoms with Crippen LogP contribution in [0.25, 0.3) is 5.70 Å². The second-order valence-electron chi connectivity index (χ2n) is 3.28. The van der Waals surface area contributed by atoms with Gasteiger partial charge in [-0.2, -0.15) is 0 Å². The molecule has 4 nitrogen and oxygen atoms in total. The lowest BCUT2D eigenvalue weighted by Gasteiger charge is -2.14. The van der Waals surface area contributed by atoms with E-state index in [0.29, 0.717) is 0 Å². The summed E-state index contributed by atoms with van der Waals surface area (Å²) in [6, 6.07) is 0. The zero-order chi connectivity index (χ0) is 10.7. The lowest BCUT2D eigenvalue weighted by Crippen LogP contribution is -2.25. The first-order chi connectivity index (χ1) is 7.35. The van der Waals surface area contributed by atoms with Crippen LogP contribution in [0.3, 0.4) is 0 Å². The maximum absolute atomic E-state index is 5.51. The molecule has 0 saturated carbocycles. The van der Waals surface area contributed by atoms with Gasteiger partial charge in [0, 0.05) is 0 Å². The van der Waals surface area contributed by atoms with Crippen molar-refractivity contribution in [2.45, 2.75) is 26.5 Å². The summed E-state index contributed by atoms with van der Waals surface area (Å²) >= 11 is 0. The Morgan fingerprint density at radius 1 is 1.67 bits per heavy atom. The predicted octanol–water partition coefficient (Wildman–Crippen LogP) is 2.28. The average Bonchev–Trinajstić information content (AvgIpc) is 2.89. The fourth-order valence-electron chi connectivity index (χ4n) is 1.55. The van der Waals surface area contributed by atoms with E-state index >= 15 is 0 Å². The summed E-state index contributed by atoms with van der Waals surface area (Å²) in [7, 11) is 0. The van der Waals surface area contributed by atoms with Crippen LogP contribution in [0.1, 0.15) is 26.0 Å². The van der Waals surface area contributed by atoms with E-state index in [1.165, 1.54) is 12.0 Å². The molecule has 0 fully saturated rings. The molecule has 0 amide bonds. The molecule has 1 aliphatic heterocycles. The molecule has 1 aromatic heterocycles. The van der Waals surface area contributed by atoms with Gasteiger partial charge in [0.2, 0.25) is 0 Å². The molecule has 1 unspecified atom stereocenters. The van der Waals surface area contributed by atoms with Crippen molar-refractivity contribution >= 4 is 5.70 Å². The van der Waals surface area contributed by atoms with E-state index in [1.54, 1.807) is 12.5 Å². The summed E-state index contributed by atoms with van der Waals surface area (Å²) in [6.45, 7) is 4.12. The first kappa shape index (κ1) is 9.83. The molecule has 4 heteroatoms. The van der Waals surface area contributed by atoms with Crippen molar-refractivity contribution in [2.24, 2.45) is 0 Å². The topological polar surface area (TPSA) is 47.3 Å². The number of hydrogen-bond donors (Lipinski definition) is 1. The summed E-state index contributed by atoms with van der Waals surface area (Å²) in [5.41, 5.74) is 2.86. The monoisotopic (exact) mass is 206 g/mol. The maximum atomic E-state index is 5.51. The van der Waals surface area contributed by atoms with Gasteiger partial charge in [-0.05, 0) is 18.9 Å². The first-order valence-corrected chi connectivity index (χ1v) is 5.01. The summed E-state index contributed by atoms with van der Waals surface area (Å²) in [5, 5.41) is 3.24. The predicted molar refractivity (Wildman–Crippen MR) is 56.5 cm³/mol. The van der Waals surface area contributed by atoms with Gasteiger partial charge in [-0.3, -0.25) is 0 Å². The van der Waals surface area contributed by atoms with E-state index in [2.05, 4.69) is 23.3 Å². The average molecular weight is 206 g/mol. The van der Waals surface area contributed by atoms with Crippen molar-refractivity contribution in [2.75, 3.05) is 0 Å². The molecular weight excluding hydrogens is 192 g/mol. The molecule has 1 atom stereocenters. The minimum Gasteiger partial charge on any atom is -0.472 e. The summed E-state index contributed by atoms with van der Waals surface area (Å²) in [6.07, 6.45) is 7.65. The highest BCUT2D eigenvalue weighted by atomic mass is 16.5. The van der Waals surface area contributed by atoms with Gasteiger partial charge < -0.3 is 14.5 Å². The lowest BCUT2D eigenvalue weighted by molar-refractivity contribution is 0.183. The number of ether oxygens (including phenoxy) is 1. The van der Waals surface area contributed by atoms with Crippen LogP contribution in [0.15, 0.2) is 35.0 Å². The Labute approximate surface area is 88.6 Å². The summed E-state index contributed by atoms with van der Waals surface area (Å²) < 4.78 is 10.4. The van der Waals surface area contributed by atoms with Crippen molar-refractivity contribution < 1.29 is 9.15 Å². The molecular formula is C11H14N2O2. The number of hydrogen-bond acceptors (Lipinski definition) is 4. The lowest BCUT2D eigenvalue weighted by atomic mass is 10.1. The number of aromatic nitrogens is 1. The number of rotatable bonds is 3. The number of oxazole rings is 1. The van der Waals surface area contributed by atoms with Crippen LogP contribution < -0.4 is 5.32 Å². The van der Waals surface area contributed by atoms with Gasteiger partial charge in [-0.15, -0.1) is 0 Å². The third kappa shape index (κ3) is 1.88. The molecule has 0 aliphatic carbocycles. The van der Waals surface area contributed by atoms with Gasteiger partial charge in [0.15, 0.2) is 12.6 Å². The van der Waals surface area contributed by atoms with Gasteiger partial charge >= 0.3 is 0 Å². The van der Waals surface area contributed by atoms with E-state index in [9.17, 15) is 0 Å². The second kappa shape index (κ2) is 4.21. The fraction of sp³-hybridized carbons (Fsp3) is 0.364. The van der Waals surface area contributed by atoms with Crippen LogP contribution in [-0.2, 0) is 4.74 Å². The standard InChI is InChI=1S/C11H14N2O2/c1-3-8(4-2)11-13-10(6-15-11)9-5-14-7-12-9/h3,5-7,11,13H,4H2,1-2H3/b8-3+. The van der Waals surface area contributed by atoms with Crippen LogP contribution >= 0.6 is 0 Å². The molecule has 2 heterocycles. The molecule has 80 valence electrons. The van der Waals surface area contributed by atoms with E-state index in [-0.39, 0.29) is 6.23 Å². The summed E-state index contributed by atoms with van der Waals surface area (Å²) in [4.78, 5) is 4.05. The molecule has 1 aliphatic rings. The molecule has 1 N–H and O–H groups in total. The molecule has 0 spiro atoms. The van der Waals surface area contributed by atoms with Gasteiger partial charge in [0.1, 0.15) is 23.9 Å². The smallest absolute Gasteiger partial charge is 0.191 e. The van der Waals surface area contributed by atoms with Crippen LogP contribution in [0.2, 0.25) is 0 Å². The zero-order valence-corrected chi connectivity index (χ0v) is 8.86. The van der Waals surface area contributed by atoms with Crippen molar-refractivity contribution in [1.29, 1.82) is 0 Å². The maximum Gasteiger partial charge on any atom is 0.191 e.